The first-order valence-corrected chi connectivity index (χ1v) is 10.7. The van der Waals surface area contributed by atoms with Crippen molar-refractivity contribution in [3.63, 3.8) is 0 Å². The van der Waals surface area contributed by atoms with Crippen LogP contribution in [0, 0.1) is 20.8 Å². The third-order valence-electron chi connectivity index (χ3n) is 4.19. The van der Waals surface area contributed by atoms with Gasteiger partial charge in [-0.3, -0.25) is 0 Å². The molecule has 0 heterocycles. The zero-order chi connectivity index (χ0) is 21.6. The maximum absolute atomic E-state index is 12.7. The molecule has 0 aliphatic carbocycles. The number of rotatable bonds is 9. The van der Waals surface area contributed by atoms with Crippen molar-refractivity contribution < 1.29 is 22.6 Å². The third-order valence-corrected chi connectivity index (χ3v) is 5.72. The smallest absolute Gasteiger partial charge is 0.277 e. The molecule has 0 amide bonds. The van der Waals surface area contributed by atoms with E-state index in [2.05, 4.69) is 9.93 Å². The van der Waals surface area contributed by atoms with Crippen molar-refractivity contribution >= 4 is 16.2 Å². The maximum Gasteiger partial charge on any atom is 0.277 e. The van der Waals surface area contributed by atoms with Gasteiger partial charge in [0.1, 0.15) is 0 Å². The highest BCUT2D eigenvalue weighted by Crippen LogP contribution is 2.38. The average molecular weight is 421 g/mol. The lowest BCUT2D eigenvalue weighted by molar-refractivity contribution is 0.275. The Morgan fingerprint density at radius 1 is 1.00 bits per heavy atom. The summed E-state index contributed by atoms with van der Waals surface area (Å²) < 4.78 is 41.9. The number of hydrogen-bond donors (Lipinski definition) is 1. The predicted octanol–water partition coefficient (Wildman–Crippen LogP) is 3.73. The molecule has 7 nitrogen and oxygen atoms in total. The van der Waals surface area contributed by atoms with Gasteiger partial charge in [-0.1, -0.05) is 24.6 Å². The average Bonchev–Trinajstić information content (AvgIpc) is 2.64. The summed E-state index contributed by atoms with van der Waals surface area (Å²) in [4.78, 5) is 2.51. The van der Waals surface area contributed by atoms with Crippen LogP contribution in [0.25, 0.3) is 0 Å². The quantitative estimate of drug-likeness (QED) is 0.493. The molecule has 0 aromatic heterocycles. The van der Waals surface area contributed by atoms with E-state index in [1.807, 2.05) is 26.0 Å². The number of nitrogens with zero attached hydrogens (tertiary/aromatic N) is 1. The second kappa shape index (κ2) is 9.65. The van der Waals surface area contributed by atoms with Crippen LogP contribution in [0.3, 0.4) is 0 Å². The van der Waals surface area contributed by atoms with Crippen molar-refractivity contribution in [3.05, 3.63) is 46.5 Å². The summed E-state index contributed by atoms with van der Waals surface area (Å²) >= 11 is 0. The fraction of sp³-hybridized carbons (Fsp3) is 0.381. The Morgan fingerprint density at radius 3 is 2.03 bits per heavy atom. The van der Waals surface area contributed by atoms with Gasteiger partial charge in [-0.15, -0.1) is 0 Å². The summed E-state index contributed by atoms with van der Waals surface area (Å²) in [5, 5.41) is 3.92. The number of aryl methyl sites for hydroxylation is 3. The van der Waals surface area contributed by atoms with Gasteiger partial charge < -0.3 is 14.2 Å². The maximum atomic E-state index is 12.7. The Bertz CT molecular complexity index is 952. The van der Waals surface area contributed by atoms with E-state index in [-0.39, 0.29) is 4.90 Å². The van der Waals surface area contributed by atoms with Crippen LogP contribution in [-0.4, -0.2) is 35.5 Å². The first-order valence-electron chi connectivity index (χ1n) is 9.25. The first-order chi connectivity index (χ1) is 13.7. The van der Waals surface area contributed by atoms with Crippen molar-refractivity contribution in [1.29, 1.82) is 0 Å². The molecule has 0 atom stereocenters. The number of benzene rings is 2. The van der Waals surface area contributed by atoms with E-state index < -0.39 is 10.0 Å². The molecule has 0 spiro atoms. The van der Waals surface area contributed by atoms with E-state index in [4.69, 9.17) is 14.2 Å². The van der Waals surface area contributed by atoms with Crippen molar-refractivity contribution in [1.82, 2.24) is 4.83 Å². The topological polar surface area (TPSA) is 86.2 Å². The molecule has 0 saturated heterocycles. The van der Waals surface area contributed by atoms with Crippen molar-refractivity contribution in [2.45, 2.75) is 39.0 Å². The minimum absolute atomic E-state index is 0.235. The van der Waals surface area contributed by atoms with E-state index in [1.165, 1.54) is 20.4 Å². The molecule has 0 unspecified atom stereocenters. The second-order valence-corrected chi connectivity index (χ2v) is 8.28. The van der Waals surface area contributed by atoms with Crippen LogP contribution in [0.2, 0.25) is 0 Å². The van der Waals surface area contributed by atoms with Crippen LogP contribution in [0.4, 0.5) is 0 Å². The first kappa shape index (κ1) is 22.5. The van der Waals surface area contributed by atoms with Gasteiger partial charge >= 0.3 is 0 Å². The molecule has 158 valence electrons. The monoisotopic (exact) mass is 420 g/mol. The van der Waals surface area contributed by atoms with Crippen LogP contribution < -0.4 is 19.0 Å². The Balaban J connectivity index is 2.30. The van der Waals surface area contributed by atoms with Gasteiger partial charge in [0, 0.05) is 5.56 Å². The highest BCUT2D eigenvalue weighted by molar-refractivity contribution is 7.89. The molecule has 2 aromatic carbocycles. The van der Waals surface area contributed by atoms with Gasteiger partial charge in [0.05, 0.1) is 31.9 Å². The number of ether oxygens (including phenoxy) is 3. The van der Waals surface area contributed by atoms with E-state index in [1.54, 1.807) is 26.0 Å². The molecule has 29 heavy (non-hydrogen) atoms. The Morgan fingerprint density at radius 2 is 1.55 bits per heavy atom. The van der Waals surface area contributed by atoms with Gasteiger partial charge in [-0.2, -0.15) is 13.5 Å². The van der Waals surface area contributed by atoms with Crippen LogP contribution in [0.15, 0.2) is 34.3 Å². The molecule has 1 N–H and O–H groups in total. The number of nitrogens with one attached hydrogen (secondary N) is 1. The minimum Gasteiger partial charge on any atom is -0.493 e. The fourth-order valence-corrected chi connectivity index (χ4v) is 4.38. The number of hydrazone groups is 1. The molecule has 0 radical (unpaired) electrons. The second-order valence-electron chi connectivity index (χ2n) is 6.68. The Labute approximate surface area is 172 Å². The highest BCUT2D eigenvalue weighted by Gasteiger charge is 2.19. The summed E-state index contributed by atoms with van der Waals surface area (Å²) in [6, 6.07) is 7.06. The third kappa shape index (κ3) is 5.41. The van der Waals surface area contributed by atoms with Crippen LogP contribution in [-0.2, 0) is 10.0 Å². The molecule has 0 aliphatic heterocycles. The summed E-state index contributed by atoms with van der Waals surface area (Å²) in [5.41, 5.74) is 2.95. The predicted molar refractivity (Wildman–Crippen MR) is 114 cm³/mol. The number of methoxy groups -OCH3 is 2. The molecular formula is C21H28N2O5S. The molecule has 0 fully saturated rings. The van der Waals surface area contributed by atoms with Gasteiger partial charge in [0.15, 0.2) is 11.5 Å². The standard InChI is InChI=1S/C21H28N2O5S/c1-7-8-28-20-18(26-5)11-17(12-19(20)27-6)13-22-23-29(24,25)21-15(3)9-14(2)10-16(21)4/h9-13,23H,7-8H2,1-6H3/b22-13+. The summed E-state index contributed by atoms with van der Waals surface area (Å²) in [7, 11) is -0.739. The van der Waals surface area contributed by atoms with Gasteiger partial charge in [0.2, 0.25) is 5.75 Å². The zero-order valence-corrected chi connectivity index (χ0v) is 18.5. The largest absolute Gasteiger partial charge is 0.493 e. The molecular weight excluding hydrogens is 392 g/mol. The van der Waals surface area contributed by atoms with Crippen LogP contribution in [0.1, 0.15) is 35.6 Å². The van der Waals surface area contributed by atoms with Crippen LogP contribution in [0.5, 0.6) is 17.2 Å². The number of sulfonamides is 1. The molecule has 0 aliphatic rings. The molecule has 8 heteroatoms. The van der Waals surface area contributed by atoms with E-state index in [0.717, 1.165) is 12.0 Å². The molecule has 2 aromatic rings. The van der Waals surface area contributed by atoms with Gasteiger partial charge in [0.25, 0.3) is 10.0 Å². The lowest BCUT2D eigenvalue weighted by Gasteiger charge is -2.15. The van der Waals surface area contributed by atoms with Crippen molar-refractivity contribution in [2.75, 3.05) is 20.8 Å². The normalized spacial score (nSPS) is 11.5. The van der Waals surface area contributed by atoms with Crippen LogP contribution >= 0.6 is 0 Å². The van der Waals surface area contributed by atoms with E-state index in [0.29, 0.717) is 40.5 Å². The molecule has 0 bridgehead atoms. The van der Waals surface area contributed by atoms with Crippen molar-refractivity contribution in [3.8, 4) is 17.2 Å². The summed E-state index contributed by atoms with van der Waals surface area (Å²) in [5.74, 6) is 1.46. The lowest BCUT2D eigenvalue weighted by atomic mass is 10.1. The van der Waals surface area contributed by atoms with E-state index in [9.17, 15) is 8.42 Å². The number of hydrogen-bond acceptors (Lipinski definition) is 6. The van der Waals surface area contributed by atoms with Gasteiger partial charge in [-0.25, -0.2) is 4.83 Å². The van der Waals surface area contributed by atoms with Crippen molar-refractivity contribution in [2.24, 2.45) is 5.10 Å². The SMILES string of the molecule is CCCOc1c(OC)cc(/C=N/NS(=O)(=O)c2c(C)cc(C)cc2C)cc1OC. The Hall–Kier alpha value is -2.74. The zero-order valence-electron chi connectivity index (χ0n) is 17.7. The summed E-state index contributed by atoms with van der Waals surface area (Å²) in [6.07, 6.45) is 2.24. The van der Waals surface area contributed by atoms with Gasteiger partial charge in [-0.05, 0) is 50.5 Å². The summed E-state index contributed by atoms with van der Waals surface area (Å²) in [6.45, 7) is 7.99. The molecule has 2 rings (SSSR count). The minimum atomic E-state index is -3.80. The Kier molecular flexibility index (Phi) is 7.50. The highest BCUT2D eigenvalue weighted by atomic mass is 32.2. The fourth-order valence-electron chi connectivity index (χ4n) is 3.13. The lowest BCUT2D eigenvalue weighted by Crippen LogP contribution is -2.20. The molecule has 0 saturated carbocycles. The van der Waals surface area contributed by atoms with E-state index >= 15 is 0 Å².